The van der Waals surface area contributed by atoms with Crippen molar-refractivity contribution in [1.29, 1.82) is 0 Å². The topological polar surface area (TPSA) is 42.4 Å². The van der Waals surface area contributed by atoms with Crippen LogP contribution < -0.4 is 51.4 Å². The number of nitrogens with zero attached hydrogens (tertiary/aromatic N) is 1. The van der Waals surface area contributed by atoms with Crippen LogP contribution in [0.1, 0.15) is 41.5 Å². The third kappa shape index (κ3) is 9.11. The molecule has 1 saturated carbocycles. The van der Waals surface area contributed by atoms with Gasteiger partial charge in [-0.15, -0.1) is 0 Å². The zero-order chi connectivity index (χ0) is 11.1. The van der Waals surface area contributed by atoms with E-state index in [1.165, 1.54) is 25.0 Å². The van der Waals surface area contributed by atoms with Gasteiger partial charge in [-0.3, -0.25) is 4.99 Å². The van der Waals surface area contributed by atoms with Gasteiger partial charge in [0.05, 0.1) is 5.69 Å². The average Bonchev–Trinajstić information content (AvgIpc) is 3.03. The molecule has 92 valence electrons. The van der Waals surface area contributed by atoms with E-state index < -0.39 is 0 Å². The predicted octanol–water partition coefficient (Wildman–Crippen LogP) is 1.68. The molecule has 0 aromatic heterocycles. The third-order valence-electron chi connectivity index (χ3n) is 2.23. The maximum atomic E-state index is 4.54. The van der Waals surface area contributed by atoms with Crippen LogP contribution in [-0.2, 0) is 0 Å². The van der Waals surface area contributed by atoms with Crippen LogP contribution in [0.4, 0.5) is 5.69 Å². The molecule has 0 amide bonds. The summed E-state index contributed by atoms with van der Waals surface area (Å²) < 4.78 is 0. The number of aliphatic imine (C=N–C) groups is 1. The standard InChI is InChI=1S/C11H13N.C3H8.K.H2O.H2/c1-9(10-7-8-10)12-11-5-3-2-4-6-11;1-3-2;;;/h2-6,10H,7-8H2,1H3;3H2,1-2H3;;1H2;1H/q;;+1;;/p-1. The van der Waals surface area contributed by atoms with E-state index in [4.69, 9.17) is 0 Å². The van der Waals surface area contributed by atoms with Crippen LogP contribution >= 0.6 is 0 Å². The summed E-state index contributed by atoms with van der Waals surface area (Å²) >= 11 is 0. The van der Waals surface area contributed by atoms with Crippen molar-refractivity contribution in [2.45, 2.75) is 40.0 Å². The normalized spacial score (nSPS) is 13.7. The van der Waals surface area contributed by atoms with Crippen molar-refractivity contribution in [3.63, 3.8) is 0 Å². The van der Waals surface area contributed by atoms with E-state index >= 15 is 0 Å². The van der Waals surface area contributed by atoms with Gasteiger partial charge in [0.1, 0.15) is 0 Å². The Bertz CT molecular complexity index is 313. The second kappa shape index (κ2) is 11.6. The summed E-state index contributed by atoms with van der Waals surface area (Å²) in [5, 5.41) is 0. The molecule has 1 N–H and O–H groups in total. The van der Waals surface area contributed by atoms with Crippen LogP contribution in [0.3, 0.4) is 0 Å². The summed E-state index contributed by atoms with van der Waals surface area (Å²) in [7, 11) is 0. The molecule has 3 heteroatoms. The summed E-state index contributed by atoms with van der Waals surface area (Å²) in [5.41, 5.74) is 2.38. The van der Waals surface area contributed by atoms with Crippen LogP contribution in [0, 0.1) is 5.92 Å². The predicted molar refractivity (Wildman–Crippen MR) is 71.9 cm³/mol. The summed E-state index contributed by atoms with van der Waals surface area (Å²) in [6.45, 7) is 6.38. The molecule has 0 unspecified atom stereocenters. The summed E-state index contributed by atoms with van der Waals surface area (Å²) in [6, 6.07) is 10.2. The Morgan fingerprint density at radius 3 is 2.12 bits per heavy atom. The fraction of sp³-hybridized carbons (Fsp3) is 0.500. The Morgan fingerprint density at radius 1 is 1.24 bits per heavy atom. The first kappa shape index (κ1) is 19.8. The van der Waals surface area contributed by atoms with Crippen LogP contribution in [0.15, 0.2) is 35.3 Å². The van der Waals surface area contributed by atoms with Crippen molar-refractivity contribution in [3.05, 3.63) is 30.3 Å². The monoisotopic (exact) mass is 261 g/mol. The number of benzene rings is 1. The van der Waals surface area contributed by atoms with Gasteiger partial charge in [-0.05, 0) is 37.8 Å². The molecule has 0 aliphatic heterocycles. The van der Waals surface area contributed by atoms with Gasteiger partial charge in [0.15, 0.2) is 0 Å². The molecule has 1 fully saturated rings. The number of hydrogen-bond acceptors (Lipinski definition) is 2. The van der Waals surface area contributed by atoms with Gasteiger partial charge >= 0.3 is 51.4 Å². The van der Waals surface area contributed by atoms with E-state index in [0.717, 1.165) is 11.6 Å². The van der Waals surface area contributed by atoms with Crippen molar-refractivity contribution in [3.8, 4) is 0 Å². The molecule has 0 atom stereocenters. The van der Waals surface area contributed by atoms with Crippen molar-refractivity contribution >= 4 is 11.4 Å². The molecule has 0 saturated heterocycles. The third-order valence-corrected chi connectivity index (χ3v) is 2.23. The van der Waals surface area contributed by atoms with Gasteiger partial charge < -0.3 is 5.48 Å². The molecular formula is C14H24KNO. The Kier molecular flexibility index (Phi) is 13.5. The minimum Gasteiger partial charge on any atom is -0.870 e. The SMILES string of the molecule is CC(=Nc1ccccc1)C1CC1.CCC.[HH].[K+].[OH-]. The van der Waals surface area contributed by atoms with E-state index in [9.17, 15) is 0 Å². The maximum absolute atomic E-state index is 4.54. The quantitative estimate of drug-likeness (QED) is 0.590. The molecular weight excluding hydrogens is 237 g/mol. The smallest absolute Gasteiger partial charge is 0.870 e. The van der Waals surface area contributed by atoms with E-state index in [2.05, 4.69) is 25.8 Å². The Morgan fingerprint density at radius 2 is 1.71 bits per heavy atom. The zero-order valence-electron chi connectivity index (χ0n) is 11.5. The van der Waals surface area contributed by atoms with Gasteiger partial charge in [0.25, 0.3) is 0 Å². The molecule has 17 heavy (non-hydrogen) atoms. The number of rotatable bonds is 2. The molecule has 2 nitrogen and oxygen atoms in total. The molecule has 2 rings (SSSR count). The van der Waals surface area contributed by atoms with Gasteiger partial charge in [-0.1, -0.05) is 38.5 Å². The molecule has 0 spiro atoms. The molecule has 0 heterocycles. The molecule has 1 aliphatic carbocycles. The van der Waals surface area contributed by atoms with Crippen LogP contribution in [-0.4, -0.2) is 11.2 Å². The Hall–Kier alpha value is 0.486. The van der Waals surface area contributed by atoms with E-state index in [0.29, 0.717) is 0 Å². The van der Waals surface area contributed by atoms with Gasteiger partial charge in [0.2, 0.25) is 0 Å². The van der Waals surface area contributed by atoms with E-state index in [1.54, 1.807) is 0 Å². The summed E-state index contributed by atoms with van der Waals surface area (Å²) in [5.74, 6) is 0.783. The van der Waals surface area contributed by atoms with Gasteiger partial charge in [0, 0.05) is 7.14 Å². The number of hydrogen-bond donors (Lipinski definition) is 0. The largest absolute Gasteiger partial charge is 1.00 e. The summed E-state index contributed by atoms with van der Waals surface area (Å²) in [4.78, 5) is 4.54. The average molecular weight is 261 g/mol. The molecule has 0 radical (unpaired) electrons. The van der Waals surface area contributed by atoms with Crippen molar-refractivity contribution < 1.29 is 58.3 Å². The van der Waals surface area contributed by atoms with E-state index in [-0.39, 0.29) is 58.3 Å². The van der Waals surface area contributed by atoms with E-state index in [1.807, 2.05) is 30.3 Å². The second-order valence-electron chi connectivity index (χ2n) is 4.07. The van der Waals surface area contributed by atoms with Crippen LogP contribution in [0.25, 0.3) is 0 Å². The van der Waals surface area contributed by atoms with Crippen LogP contribution in [0.5, 0.6) is 0 Å². The zero-order valence-corrected chi connectivity index (χ0v) is 14.6. The number of para-hydroxylation sites is 1. The fourth-order valence-electron chi connectivity index (χ4n) is 1.30. The fourth-order valence-corrected chi connectivity index (χ4v) is 1.30. The molecule has 1 aliphatic rings. The van der Waals surface area contributed by atoms with Gasteiger partial charge in [-0.2, -0.15) is 0 Å². The van der Waals surface area contributed by atoms with Gasteiger partial charge in [-0.25, -0.2) is 0 Å². The molecule has 1 aromatic carbocycles. The van der Waals surface area contributed by atoms with Crippen molar-refractivity contribution in [2.75, 3.05) is 0 Å². The first-order valence-electron chi connectivity index (χ1n) is 5.88. The van der Waals surface area contributed by atoms with Crippen LogP contribution in [0.2, 0.25) is 0 Å². The molecule has 1 aromatic rings. The van der Waals surface area contributed by atoms with Crippen molar-refractivity contribution in [1.82, 2.24) is 0 Å². The summed E-state index contributed by atoms with van der Waals surface area (Å²) in [6.07, 6.45) is 3.92. The first-order valence-corrected chi connectivity index (χ1v) is 5.88. The minimum absolute atomic E-state index is 0. The maximum Gasteiger partial charge on any atom is 1.00 e. The first-order chi connectivity index (χ1) is 7.27. The van der Waals surface area contributed by atoms with Crippen molar-refractivity contribution in [2.24, 2.45) is 10.9 Å². The Labute approximate surface area is 149 Å². The Balaban J connectivity index is -0.000000345. The second-order valence-corrected chi connectivity index (χ2v) is 4.07. The minimum atomic E-state index is 0. The molecule has 0 bridgehead atoms.